The van der Waals surface area contributed by atoms with Crippen LogP contribution in [0.25, 0.3) is 0 Å². The number of benzene rings is 3. The number of anilines is 1. The predicted octanol–water partition coefficient (Wildman–Crippen LogP) is 1.47. The summed E-state index contributed by atoms with van der Waals surface area (Å²) >= 11 is 0. The molecule has 8 heteroatoms. The monoisotopic (exact) mass is 405 g/mol. The third-order valence-electron chi connectivity index (χ3n) is 4.13. The molecule has 0 aliphatic carbocycles. The number of hydrogen-bond acceptors (Lipinski definition) is 7. The third-order valence-corrected chi connectivity index (χ3v) is 4.13. The zero-order chi connectivity index (χ0) is 21.7. The number of amides is 1. The molecule has 8 nitrogen and oxygen atoms in total. The molecule has 30 heavy (non-hydrogen) atoms. The molecule has 0 unspecified atom stereocenters. The van der Waals surface area contributed by atoms with Crippen LogP contribution in [0.3, 0.4) is 0 Å². The topological polar surface area (TPSA) is 128 Å². The van der Waals surface area contributed by atoms with Gasteiger partial charge >= 0.3 is 0 Å². The molecule has 3 aromatic rings. The first kappa shape index (κ1) is 20.4. The van der Waals surface area contributed by atoms with Crippen LogP contribution in [0, 0.1) is 0 Å². The van der Waals surface area contributed by atoms with Crippen molar-refractivity contribution in [2.24, 2.45) is 0 Å². The first-order valence-electron chi connectivity index (χ1n) is 8.68. The number of hydrogen-bond donors (Lipinski definition) is 1. The van der Waals surface area contributed by atoms with Gasteiger partial charge in [-0.3, -0.25) is 4.79 Å². The van der Waals surface area contributed by atoms with E-state index < -0.39 is 23.1 Å². The fourth-order valence-corrected chi connectivity index (χ4v) is 2.71. The Kier molecular flexibility index (Phi) is 5.97. The van der Waals surface area contributed by atoms with Crippen molar-refractivity contribution >= 4 is 23.5 Å². The number of aromatic carboxylic acids is 2. The molecule has 0 heterocycles. The average Bonchev–Trinajstić information content (AvgIpc) is 2.74. The first-order chi connectivity index (χ1) is 14.4. The van der Waals surface area contributed by atoms with Crippen LogP contribution in [-0.4, -0.2) is 25.0 Å². The van der Waals surface area contributed by atoms with Gasteiger partial charge in [0, 0.05) is 16.8 Å². The summed E-state index contributed by atoms with van der Waals surface area (Å²) < 4.78 is 10.7. The average molecular weight is 405 g/mol. The van der Waals surface area contributed by atoms with Gasteiger partial charge in [-0.15, -0.1) is 0 Å². The summed E-state index contributed by atoms with van der Waals surface area (Å²) in [5.41, 5.74) is -0.172. The molecular weight excluding hydrogens is 390 g/mol. The van der Waals surface area contributed by atoms with E-state index in [0.29, 0.717) is 22.7 Å². The maximum absolute atomic E-state index is 12.4. The first-order valence-corrected chi connectivity index (χ1v) is 8.68. The Bertz CT molecular complexity index is 1110. The molecule has 0 radical (unpaired) electrons. The standard InChI is InChI=1S/C22H17NO7/c1-29-19-5-3-2-4-17(19)20(24)23-13-6-8-14(9-7-13)30-15-10-11-16(21(25)26)18(12-15)22(27)28/h2-12H,1H3,(H,23,24)(H,25,26)(H,27,28)/p-2. The molecule has 0 fully saturated rings. The second-order valence-electron chi connectivity index (χ2n) is 6.06. The molecular formula is C22H15NO7-2. The number of methoxy groups -OCH3 is 1. The van der Waals surface area contributed by atoms with Gasteiger partial charge in [0.05, 0.1) is 24.6 Å². The van der Waals surface area contributed by atoms with Crippen LogP contribution < -0.4 is 25.0 Å². The van der Waals surface area contributed by atoms with Crippen LogP contribution in [0.4, 0.5) is 5.69 Å². The van der Waals surface area contributed by atoms with Gasteiger partial charge in [-0.1, -0.05) is 12.1 Å². The molecule has 3 rings (SSSR count). The number of para-hydroxylation sites is 1. The van der Waals surface area contributed by atoms with Crippen molar-refractivity contribution in [2.75, 3.05) is 12.4 Å². The van der Waals surface area contributed by atoms with Crippen molar-refractivity contribution in [1.29, 1.82) is 0 Å². The van der Waals surface area contributed by atoms with Crippen LogP contribution in [0.2, 0.25) is 0 Å². The summed E-state index contributed by atoms with van der Waals surface area (Å²) in [6, 6.07) is 16.5. The quantitative estimate of drug-likeness (QED) is 0.630. The van der Waals surface area contributed by atoms with Crippen molar-refractivity contribution < 1.29 is 34.1 Å². The molecule has 0 bridgehead atoms. The van der Waals surface area contributed by atoms with Crippen LogP contribution in [0.5, 0.6) is 17.2 Å². The number of carboxylic acid groups (broad SMARTS) is 2. The number of carboxylic acids is 2. The maximum atomic E-state index is 12.4. The number of rotatable bonds is 7. The lowest BCUT2D eigenvalue weighted by atomic mass is 10.1. The lowest BCUT2D eigenvalue weighted by Crippen LogP contribution is -2.30. The minimum atomic E-state index is -1.66. The van der Waals surface area contributed by atoms with Crippen molar-refractivity contribution in [3.05, 3.63) is 83.4 Å². The summed E-state index contributed by atoms with van der Waals surface area (Å²) in [4.78, 5) is 34.5. The Hall–Kier alpha value is -4.33. The summed E-state index contributed by atoms with van der Waals surface area (Å²) in [5, 5.41) is 24.8. The third kappa shape index (κ3) is 4.56. The highest BCUT2D eigenvalue weighted by Gasteiger charge is 2.12. The number of carbonyl (C=O) groups is 3. The molecule has 152 valence electrons. The zero-order valence-corrected chi connectivity index (χ0v) is 15.7. The number of carbonyl (C=O) groups excluding carboxylic acids is 3. The second kappa shape index (κ2) is 8.78. The Balaban J connectivity index is 1.73. The predicted molar refractivity (Wildman–Crippen MR) is 103 cm³/mol. The Labute approximate surface area is 171 Å². The molecule has 0 aliphatic heterocycles. The van der Waals surface area contributed by atoms with Crippen LogP contribution >= 0.6 is 0 Å². The van der Waals surface area contributed by atoms with E-state index in [4.69, 9.17) is 9.47 Å². The number of nitrogens with one attached hydrogen (secondary N) is 1. The summed E-state index contributed by atoms with van der Waals surface area (Å²) in [5.74, 6) is -2.75. The van der Waals surface area contributed by atoms with Gasteiger partial charge in [-0.05, 0) is 54.6 Å². The van der Waals surface area contributed by atoms with E-state index in [2.05, 4.69) is 5.32 Å². The van der Waals surface area contributed by atoms with Gasteiger partial charge < -0.3 is 34.6 Å². The minimum Gasteiger partial charge on any atom is -0.545 e. The van der Waals surface area contributed by atoms with Gasteiger partial charge in [0.15, 0.2) is 0 Å². The Morgan fingerprint density at radius 3 is 2.03 bits per heavy atom. The normalized spacial score (nSPS) is 10.2. The summed E-state index contributed by atoms with van der Waals surface area (Å²) in [6.45, 7) is 0. The van der Waals surface area contributed by atoms with Crippen molar-refractivity contribution in [3.63, 3.8) is 0 Å². The molecule has 3 aromatic carbocycles. The van der Waals surface area contributed by atoms with Gasteiger partial charge in [0.1, 0.15) is 17.2 Å². The fourth-order valence-electron chi connectivity index (χ4n) is 2.71. The smallest absolute Gasteiger partial charge is 0.259 e. The molecule has 0 saturated carbocycles. The van der Waals surface area contributed by atoms with Crippen LogP contribution in [0.1, 0.15) is 31.1 Å². The van der Waals surface area contributed by atoms with E-state index in [1.807, 2.05) is 0 Å². The van der Waals surface area contributed by atoms with E-state index in [1.165, 1.54) is 13.2 Å². The van der Waals surface area contributed by atoms with E-state index in [9.17, 15) is 24.6 Å². The molecule has 0 atom stereocenters. The second-order valence-corrected chi connectivity index (χ2v) is 6.06. The van der Waals surface area contributed by atoms with Crippen LogP contribution in [0.15, 0.2) is 66.7 Å². The van der Waals surface area contributed by atoms with Gasteiger partial charge in [0.2, 0.25) is 0 Å². The molecule has 1 amide bonds. The SMILES string of the molecule is COc1ccccc1C(=O)Nc1ccc(Oc2ccc(C(=O)[O-])c(C(=O)[O-])c2)cc1. The van der Waals surface area contributed by atoms with E-state index in [0.717, 1.165) is 12.1 Å². The highest BCUT2D eigenvalue weighted by atomic mass is 16.5. The summed E-state index contributed by atoms with van der Waals surface area (Å²) in [6.07, 6.45) is 0. The van der Waals surface area contributed by atoms with Gasteiger partial charge in [-0.25, -0.2) is 0 Å². The van der Waals surface area contributed by atoms with Crippen molar-refractivity contribution in [2.45, 2.75) is 0 Å². The highest BCUT2D eigenvalue weighted by Crippen LogP contribution is 2.26. The zero-order valence-electron chi connectivity index (χ0n) is 15.7. The lowest BCUT2D eigenvalue weighted by molar-refractivity contribution is -0.259. The fraction of sp³-hybridized carbons (Fsp3) is 0.0455. The Morgan fingerprint density at radius 1 is 0.767 bits per heavy atom. The largest absolute Gasteiger partial charge is 0.545 e. The van der Waals surface area contributed by atoms with E-state index in [1.54, 1.807) is 48.5 Å². The highest BCUT2D eigenvalue weighted by molar-refractivity contribution is 6.06. The van der Waals surface area contributed by atoms with Gasteiger partial charge in [0.25, 0.3) is 5.91 Å². The maximum Gasteiger partial charge on any atom is 0.259 e. The molecule has 0 spiro atoms. The van der Waals surface area contributed by atoms with Crippen molar-refractivity contribution in [1.82, 2.24) is 0 Å². The number of ether oxygens (including phenoxy) is 2. The minimum absolute atomic E-state index is 0.102. The van der Waals surface area contributed by atoms with Crippen molar-refractivity contribution in [3.8, 4) is 17.2 Å². The summed E-state index contributed by atoms with van der Waals surface area (Å²) in [7, 11) is 1.48. The van der Waals surface area contributed by atoms with E-state index in [-0.39, 0.29) is 11.7 Å². The molecule has 1 N–H and O–H groups in total. The van der Waals surface area contributed by atoms with Crippen LogP contribution in [-0.2, 0) is 0 Å². The van der Waals surface area contributed by atoms with E-state index >= 15 is 0 Å². The van der Waals surface area contributed by atoms with Gasteiger partial charge in [-0.2, -0.15) is 0 Å². The lowest BCUT2D eigenvalue weighted by Gasteiger charge is -2.14. The molecule has 0 aromatic heterocycles. The molecule has 0 aliphatic rings. The molecule has 0 saturated heterocycles. The Morgan fingerprint density at radius 2 is 1.40 bits per heavy atom.